The predicted octanol–water partition coefficient (Wildman–Crippen LogP) is 0.129. The van der Waals surface area contributed by atoms with E-state index in [0.29, 0.717) is 6.61 Å². The minimum atomic E-state index is -0.230. The Hall–Kier alpha value is -0.120. The van der Waals surface area contributed by atoms with Gasteiger partial charge < -0.3 is 14.6 Å². The van der Waals surface area contributed by atoms with E-state index in [9.17, 15) is 5.11 Å². The number of aliphatic hydroxyl groups is 1. The van der Waals surface area contributed by atoms with Gasteiger partial charge in [0, 0.05) is 12.3 Å². The molecule has 2 aliphatic heterocycles. The lowest BCUT2D eigenvalue weighted by atomic mass is 9.97. The Balaban J connectivity index is 2.09. The Labute approximate surface area is 59.9 Å². The average Bonchev–Trinajstić information content (AvgIpc) is 2.29. The molecule has 2 rings (SSSR count). The maximum absolute atomic E-state index is 9.40. The van der Waals surface area contributed by atoms with Crippen LogP contribution in [0.1, 0.15) is 13.3 Å². The first kappa shape index (κ1) is 6.58. The molecule has 2 unspecified atom stereocenters. The van der Waals surface area contributed by atoms with Gasteiger partial charge in [-0.15, -0.1) is 0 Å². The normalized spacial score (nSPS) is 53.4. The molecule has 10 heavy (non-hydrogen) atoms. The molecule has 0 aliphatic carbocycles. The lowest BCUT2D eigenvalue weighted by molar-refractivity contribution is -0.154. The molecule has 0 amide bonds. The van der Waals surface area contributed by atoms with Crippen LogP contribution >= 0.6 is 0 Å². The Kier molecular flexibility index (Phi) is 1.44. The molecule has 0 aromatic heterocycles. The topological polar surface area (TPSA) is 38.7 Å². The quantitative estimate of drug-likeness (QED) is 0.525. The first-order chi connectivity index (χ1) is 4.77. The van der Waals surface area contributed by atoms with Crippen LogP contribution in [-0.2, 0) is 9.47 Å². The lowest BCUT2D eigenvalue weighted by Gasteiger charge is -2.28. The van der Waals surface area contributed by atoms with Crippen LogP contribution < -0.4 is 0 Å². The fourth-order valence-electron chi connectivity index (χ4n) is 1.54. The molecule has 2 bridgehead atoms. The molecule has 2 heterocycles. The highest BCUT2D eigenvalue weighted by molar-refractivity contribution is 4.82. The number of rotatable bonds is 0. The first-order valence-electron chi connectivity index (χ1n) is 3.72. The van der Waals surface area contributed by atoms with Crippen molar-refractivity contribution >= 4 is 0 Å². The first-order valence-corrected chi connectivity index (χ1v) is 3.72. The van der Waals surface area contributed by atoms with Crippen molar-refractivity contribution in [2.75, 3.05) is 6.61 Å². The molecule has 1 N–H and O–H groups in total. The van der Waals surface area contributed by atoms with Crippen molar-refractivity contribution in [3.05, 3.63) is 0 Å². The maximum Gasteiger partial charge on any atom is 0.163 e. The third kappa shape index (κ3) is 0.856. The van der Waals surface area contributed by atoms with Gasteiger partial charge in [0.05, 0.1) is 18.8 Å². The van der Waals surface area contributed by atoms with Crippen molar-refractivity contribution in [3.8, 4) is 0 Å². The van der Waals surface area contributed by atoms with Crippen LogP contribution in [0.5, 0.6) is 0 Å². The molecule has 0 spiro atoms. The van der Waals surface area contributed by atoms with Gasteiger partial charge in [0.15, 0.2) is 6.29 Å². The second-order valence-corrected chi connectivity index (χ2v) is 3.12. The Morgan fingerprint density at radius 3 is 3.10 bits per heavy atom. The van der Waals surface area contributed by atoms with E-state index < -0.39 is 0 Å². The molecule has 0 aromatic carbocycles. The summed E-state index contributed by atoms with van der Waals surface area (Å²) in [7, 11) is 0. The fraction of sp³-hybridized carbons (Fsp3) is 1.00. The van der Waals surface area contributed by atoms with Crippen molar-refractivity contribution < 1.29 is 14.6 Å². The minimum Gasteiger partial charge on any atom is -0.393 e. The van der Waals surface area contributed by atoms with E-state index in [2.05, 4.69) is 0 Å². The lowest BCUT2D eigenvalue weighted by Crippen LogP contribution is -2.37. The molecule has 3 heteroatoms. The summed E-state index contributed by atoms with van der Waals surface area (Å²) in [6.45, 7) is 2.61. The molecule has 58 valence electrons. The zero-order chi connectivity index (χ0) is 7.14. The van der Waals surface area contributed by atoms with Gasteiger partial charge in [-0.25, -0.2) is 0 Å². The maximum atomic E-state index is 9.40. The molecular formula is C7H12O3. The molecule has 0 radical (unpaired) electrons. The Bertz CT molecular complexity index is 137. The van der Waals surface area contributed by atoms with Gasteiger partial charge in [-0.05, 0) is 0 Å². The zero-order valence-corrected chi connectivity index (χ0v) is 5.99. The smallest absolute Gasteiger partial charge is 0.163 e. The van der Waals surface area contributed by atoms with Gasteiger partial charge in [0.1, 0.15) is 0 Å². The summed E-state index contributed by atoms with van der Waals surface area (Å²) in [6, 6.07) is 0. The van der Waals surface area contributed by atoms with Crippen LogP contribution in [0.4, 0.5) is 0 Å². The standard InChI is InChI=1S/C7H12O3/c1-4-6(8)2-5-3-9-7(4)10-5/h4-8H,2-3H2,1H3/t4?,5?,6-,7-/m0/s1. The van der Waals surface area contributed by atoms with Crippen molar-refractivity contribution in [2.24, 2.45) is 5.92 Å². The SMILES string of the molecule is CC1[C@H]2OCC(C[C@@H]1O)O2. The van der Waals surface area contributed by atoms with E-state index in [1.165, 1.54) is 0 Å². The monoisotopic (exact) mass is 144 g/mol. The van der Waals surface area contributed by atoms with E-state index in [-0.39, 0.29) is 24.4 Å². The Morgan fingerprint density at radius 2 is 2.30 bits per heavy atom. The summed E-state index contributed by atoms with van der Waals surface area (Å²) in [6.07, 6.45) is 0.508. The second kappa shape index (κ2) is 2.19. The van der Waals surface area contributed by atoms with Gasteiger partial charge in [0.2, 0.25) is 0 Å². The van der Waals surface area contributed by atoms with E-state index in [1.54, 1.807) is 0 Å². The fourth-order valence-corrected chi connectivity index (χ4v) is 1.54. The van der Waals surface area contributed by atoms with Crippen LogP contribution in [-0.4, -0.2) is 30.2 Å². The third-order valence-electron chi connectivity index (χ3n) is 2.31. The van der Waals surface area contributed by atoms with E-state index in [0.717, 1.165) is 6.42 Å². The van der Waals surface area contributed by atoms with Crippen molar-refractivity contribution in [3.63, 3.8) is 0 Å². The summed E-state index contributed by atoms with van der Waals surface area (Å²) in [5.41, 5.74) is 0. The van der Waals surface area contributed by atoms with Crippen molar-refractivity contribution in [2.45, 2.75) is 31.8 Å². The van der Waals surface area contributed by atoms with Crippen molar-refractivity contribution in [1.82, 2.24) is 0 Å². The van der Waals surface area contributed by atoms with E-state index in [4.69, 9.17) is 9.47 Å². The second-order valence-electron chi connectivity index (χ2n) is 3.12. The summed E-state index contributed by atoms with van der Waals surface area (Å²) in [4.78, 5) is 0. The van der Waals surface area contributed by atoms with E-state index >= 15 is 0 Å². The summed E-state index contributed by atoms with van der Waals surface area (Å²) >= 11 is 0. The number of hydrogen-bond acceptors (Lipinski definition) is 3. The van der Waals surface area contributed by atoms with Crippen LogP contribution in [0.25, 0.3) is 0 Å². The summed E-state index contributed by atoms with van der Waals surface area (Å²) in [5.74, 6) is 0.138. The van der Waals surface area contributed by atoms with Gasteiger partial charge in [-0.3, -0.25) is 0 Å². The number of fused-ring (bicyclic) bond motifs is 2. The molecule has 4 atom stereocenters. The van der Waals surface area contributed by atoms with Gasteiger partial charge in [-0.2, -0.15) is 0 Å². The minimum absolute atomic E-state index is 0.138. The summed E-state index contributed by atoms with van der Waals surface area (Å²) in [5, 5.41) is 9.40. The molecule has 2 saturated heterocycles. The largest absolute Gasteiger partial charge is 0.393 e. The molecular weight excluding hydrogens is 132 g/mol. The van der Waals surface area contributed by atoms with Gasteiger partial charge in [0.25, 0.3) is 0 Å². The highest BCUT2D eigenvalue weighted by Crippen LogP contribution is 2.31. The molecule has 3 nitrogen and oxygen atoms in total. The van der Waals surface area contributed by atoms with E-state index in [1.807, 2.05) is 6.92 Å². The molecule has 2 aliphatic rings. The van der Waals surface area contributed by atoms with Crippen molar-refractivity contribution in [1.29, 1.82) is 0 Å². The predicted molar refractivity (Wildman–Crippen MR) is 34.4 cm³/mol. The van der Waals surface area contributed by atoms with Crippen LogP contribution in [0.15, 0.2) is 0 Å². The molecule has 0 aromatic rings. The average molecular weight is 144 g/mol. The number of hydrogen-bond donors (Lipinski definition) is 1. The van der Waals surface area contributed by atoms with Gasteiger partial charge in [-0.1, -0.05) is 6.92 Å². The highest BCUT2D eigenvalue weighted by Gasteiger charge is 2.40. The van der Waals surface area contributed by atoms with Crippen LogP contribution in [0.2, 0.25) is 0 Å². The zero-order valence-electron chi connectivity index (χ0n) is 5.99. The summed E-state index contributed by atoms with van der Waals surface area (Å²) < 4.78 is 10.7. The highest BCUT2D eigenvalue weighted by atomic mass is 16.7. The van der Waals surface area contributed by atoms with Crippen LogP contribution in [0.3, 0.4) is 0 Å². The van der Waals surface area contributed by atoms with Crippen LogP contribution in [0, 0.1) is 5.92 Å². The molecule has 0 saturated carbocycles. The van der Waals surface area contributed by atoms with Gasteiger partial charge >= 0.3 is 0 Å². The number of aliphatic hydroxyl groups excluding tert-OH is 1. The third-order valence-corrected chi connectivity index (χ3v) is 2.31. The molecule has 2 fully saturated rings. The number of ether oxygens (including phenoxy) is 2. The Morgan fingerprint density at radius 1 is 1.50 bits per heavy atom.